The molecule has 0 aliphatic carbocycles. The van der Waals surface area contributed by atoms with Crippen LogP contribution in [0.5, 0.6) is 11.5 Å². The van der Waals surface area contributed by atoms with Crippen molar-refractivity contribution in [1.29, 1.82) is 0 Å². The third-order valence-corrected chi connectivity index (χ3v) is 4.43. The molecule has 0 unspecified atom stereocenters. The van der Waals surface area contributed by atoms with Crippen LogP contribution >= 0.6 is 15.9 Å². The van der Waals surface area contributed by atoms with E-state index in [1.807, 2.05) is 24.3 Å². The molecule has 3 aromatic rings. The molecule has 2 aromatic carbocycles. The standard InChI is InChI=1S/C20H19BrO4/c1-23-16-8-9-17-18(22)13-19(25-20(17)12-16)14-4-6-15(7-5-14)24-11-3-2-10-21/h4-9,12-13H,2-3,10-11H2,1H3. The van der Waals surface area contributed by atoms with Crippen molar-refractivity contribution in [3.8, 4) is 22.8 Å². The van der Waals surface area contributed by atoms with E-state index in [0.29, 0.717) is 29.1 Å². The molecule has 0 atom stereocenters. The summed E-state index contributed by atoms with van der Waals surface area (Å²) in [7, 11) is 1.58. The highest BCUT2D eigenvalue weighted by molar-refractivity contribution is 9.09. The van der Waals surface area contributed by atoms with E-state index in [1.165, 1.54) is 6.07 Å². The number of halogens is 1. The van der Waals surface area contributed by atoms with Crippen LogP contribution in [0.3, 0.4) is 0 Å². The first-order valence-corrected chi connectivity index (χ1v) is 9.24. The Balaban J connectivity index is 1.84. The predicted octanol–water partition coefficient (Wildman–Crippen LogP) is 5.02. The van der Waals surface area contributed by atoms with Crippen LogP contribution in [0.4, 0.5) is 0 Å². The van der Waals surface area contributed by atoms with E-state index in [2.05, 4.69) is 15.9 Å². The maximum atomic E-state index is 12.3. The minimum absolute atomic E-state index is 0.0750. The molecule has 0 saturated carbocycles. The van der Waals surface area contributed by atoms with E-state index in [9.17, 15) is 4.79 Å². The summed E-state index contributed by atoms with van der Waals surface area (Å²) in [4.78, 5) is 12.3. The molecular weight excluding hydrogens is 384 g/mol. The normalized spacial score (nSPS) is 10.8. The summed E-state index contributed by atoms with van der Waals surface area (Å²) >= 11 is 3.40. The average Bonchev–Trinajstić information content (AvgIpc) is 2.65. The smallest absolute Gasteiger partial charge is 0.193 e. The molecule has 0 fully saturated rings. The Morgan fingerprint density at radius 3 is 2.48 bits per heavy atom. The summed E-state index contributed by atoms with van der Waals surface area (Å²) in [5.74, 6) is 1.99. The van der Waals surface area contributed by atoms with Gasteiger partial charge in [0.05, 0.1) is 19.1 Å². The van der Waals surface area contributed by atoms with E-state index >= 15 is 0 Å². The van der Waals surface area contributed by atoms with Gasteiger partial charge in [-0.25, -0.2) is 0 Å². The number of hydrogen-bond acceptors (Lipinski definition) is 4. The third-order valence-electron chi connectivity index (χ3n) is 3.87. The summed E-state index contributed by atoms with van der Waals surface area (Å²) < 4.78 is 16.8. The van der Waals surface area contributed by atoms with Crippen molar-refractivity contribution >= 4 is 26.9 Å². The molecule has 3 rings (SSSR count). The summed E-state index contributed by atoms with van der Waals surface area (Å²) in [6.07, 6.45) is 2.10. The van der Waals surface area contributed by atoms with Crippen LogP contribution in [0.2, 0.25) is 0 Å². The van der Waals surface area contributed by atoms with Gasteiger partial charge in [-0.3, -0.25) is 4.79 Å². The van der Waals surface area contributed by atoms with Gasteiger partial charge in [0.25, 0.3) is 0 Å². The lowest BCUT2D eigenvalue weighted by atomic mass is 10.1. The number of unbranched alkanes of at least 4 members (excludes halogenated alkanes) is 1. The van der Waals surface area contributed by atoms with E-state index < -0.39 is 0 Å². The van der Waals surface area contributed by atoms with Gasteiger partial charge in [-0.2, -0.15) is 0 Å². The lowest BCUT2D eigenvalue weighted by Gasteiger charge is -2.07. The Kier molecular flexibility index (Phi) is 5.76. The second kappa shape index (κ2) is 8.21. The Morgan fingerprint density at radius 1 is 1.00 bits per heavy atom. The van der Waals surface area contributed by atoms with Gasteiger partial charge in [-0.05, 0) is 49.2 Å². The quantitative estimate of drug-likeness (QED) is 0.411. The molecule has 0 radical (unpaired) electrons. The number of methoxy groups -OCH3 is 1. The van der Waals surface area contributed by atoms with Crippen LogP contribution in [-0.2, 0) is 0 Å². The molecule has 0 saturated heterocycles. The number of alkyl halides is 1. The molecule has 130 valence electrons. The van der Waals surface area contributed by atoms with Crippen molar-refractivity contribution < 1.29 is 13.9 Å². The number of rotatable bonds is 7. The van der Waals surface area contributed by atoms with Crippen LogP contribution in [0.1, 0.15) is 12.8 Å². The van der Waals surface area contributed by atoms with Gasteiger partial charge >= 0.3 is 0 Å². The number of fused-ring (bicyclic) bond motifs is 1. The van der Waals surface area contributed by atoms with Gasteiger partial charge in [0.1, 0.15) is 22.8 Å². The Morgan fingerprint density at radius 2 is 1.76 bits per heavy atom. The fraction of sp³-hybridized carbons (Fsp3) is 0.250. The molecule has 4 nitrogen and oxygen atoms in total. The first-order chi connectivity index (χ1) is 12.2. The summed E-state index contributed by atoms with van der Waals surface area (Å²) in [6.45, 7) is 0.690. The highest BCUT2D eigenvalue weighted by Gasteiger charge is 2.08. The topological polar surface area (TPSA) is 48.7 Å². The monoisotopic (exact) mass is 402 g/mol. The van der Waals surface area contributed by atoms with Crippen molar-refractivity contribution in [3.05, 3.63) is 58.8 Å². The van der Waals surface area contributed by atoms with Gasteiger partial charge in [-0.1, -0.05) is 15.9 Å². The van der Waals surface area contributed by atoms with Crippen molar-refractivity contribution in [3.63, 3.8) is 0 Å². The molecule has 1 heterocycles. The molecule has 0 amide bonds. The summed E-state index contributed by atoms with van der Waals surface area (Å²) in [5.41, 5.74) is 1.26. The van der Waals surface area contributed by atoms with Crippen LogP contribution in [0, 0.1) is 0 Å². The molecule has 25 heavy (non-hydrogen) atoms. The molecule has 0 aliphatic heterocycles. The summed E-state index contributed by atoms with van der Waals surface area (Å²) in [5, 5.41) is 1.53. The Labute approximate surface area is 154 Å². The SMILES string of the molecule is COc1ccc2c(=O)cc(-c3ccc(OCCCCBr)cc3)oc2c1. The largest absolute Gasteiger partial charge is 0.497 e. The first-order valence-electron chi connectivity index (χ1n) is 8.12. The fourth-order valence-corrected chi connectivity index (χ4v) is 2.90. The molecule has 1 aromatic heterocycles. The Bertz CT molecular complexity index is 900. The van der Waals surface area contributed by atoms with Crippen LogP contribution in [0.25, 0.3) is 22.3 Å². The predicted molar refractivity (Wildman–Crippen MR) is 103 cm³/mol. The molecule has 0 bridgehead atoms. The maximum absolute atomic E-state index is 12.3. The summed E-state index contributed by atoms with van der Waals surface area (Å²) in [6, 6.07) is 14.3. The van der Waals surface area contributed by atoms with Gasteiger partial charge in [0.2, 0.25) is 0 Å². The van der Waals surface area contributed by atoms with Crippen molar-refractivity contribution in [2.45, 2.75) is 12.8 Å². The number of hydrogen-bond donors (Lipinski definition) is 0. The zero-order valence-electron chi connectivity index (χ0n) is 14.0. The number of benzene rings is 2. The highest BCUT2D eigenvalue weighted by Crippen LogP contribution is 2.26. The molecule has 0 spiro atoms. The van der Waals surface area contributed by atoms with Gasteiger partial charge in [0, 0.05) is 23.0 Å². The Hall–Kier alpha value is -2.27. The molecule has 0 N–H and O–H groups in total. The van der Waals surface area contributed by atoms with Crippen LogP contribution in [-0.4, -0.2) is 19.0 Å². The molecular formula is C20H19BrO4. The van der Waals surface area contributed by atoms with Gasteiger partial charge in [-0.15, -0.1) is 0 Å². The highest BCUT2D eigenvalue weighted by atomic mass is 79.9. The zero-order chi connectivity index (χ0) is 17.6. The minimum atomic E-state index is -0.0750. The molecule has 0 aliphatic rings. The van der Waals surface area contributed by atoms with E-state index in [4.69, 9.17) is 13.9 Å². The fourth-order valence-electron chi connectivity index (χ4n) is 2.51. The second-order valence-corrected chi connectivity index (χ2v) is 6.40. The maximum Gasteiger partial charge on any atom is 0.193 e. The molecule has 5 heteroatoms. The third kappa shape index (κ3) is 4.23. The lowest BCUT2D eigenvalue weighted by Crippen LogP contribution is -2.00. The van der Waals surface area contributed by atoms with E-state index in [-0.39, 0.29) is 5.43 Å². The van der Waals surface area contributed by atoms with Crippen LogP contribution < -0.4 is 14.9 Å². The van der Waals surface area contributed by atoms with Gasteiger partial charge < -0.3 is 13.9 Å². The zero-order valence-corrected chi connectivity index (χ0v) is 15.5. The minimum Gasteiger partial charge on any atom is -0.497 e. The van der Waals surface area contributed by atoms with Crippen molar-refractivity contribution in [2.24, 2.45) is 0 Å². The first kappa shape index (κ1) is 17.5. The average molecular weight is 403 g/mol. The van der Waals surface area contributed by atoms with E-state index in [0.717, 1.165) is 29.5 Å². The lowest BCUT2D eigenvalue weighted by molar-refractivity contribution is 0.310. The van der Waals surface area contributed by atoms with E-state index in [1.54, 1.807) is 25.3 Å². The second-order valence-electron chi connectivity index (χ2n) is 5.61. The van der Waals surface area contributed by atoms with Crippen molar-refractivity contribution in [2.75, 3.05) is 19.0 Å². The van der Waals surface area contributed by atoms with Crippen LogP contribution in [0.15, 0.2) is 57.7 Å². The van der Waals surface area contributed by atoms with Gasteiger partial charge in [0.15, 0.2) is 5.43 Å². The number of ether oxygens (including phenoxy) is 2. The van der Waals surface area contributed by atoms with Crippen molar-refractivity contribution in [1.82, 2.24) is 0 Å².